The van der Waals surface area contributed by atoms with Crippen molar-refractivity contribution in [2.24, 2.45) is 0 Å². The van der Waals surface area contributed by atoms with Crippen molar-refractivity contribution in [2.75, 3.05) is 37.7 Å². The van der Waals surface area contributed by atoms with Crippen LogP contribution in [0.25, 0.3) is 0 Å². The van der Waals surface area contributed by atoms with Gasteiger partial charge in [-0.3, -0.25) is 0 Å². The molecule has 0 saturated carbocycles. The van der Waals surface area contributed by atoms with E-state index in [1.807, 2.05) is 11.8 Å². The van der Waals surface area contributed by atoms with Crippen LogP contribution in [-0.2, 0) is 16.6 Å². The van der Waals surface area contributed by atoms with E-state index in [0.717, 1.165) is 24.6 Å². The van der Waals surface area contributed by atoms with Gasteiger partial charge in [-0.15, -0.1) is 0 Å². The quantitative estimate of drug-likeness (QED) is 0.756. The van der Waals surface area contributed by atoms with Gasteiger partial charge in [-0.2, -0.15) is 11.8 Å². The molecule has 1 fully saturated rings. The number of hydrogen-bond donors (Lipinski definition) is 2. The van der Waals surface area contributed by atoms with Crippen LogP contribution in [0, 0.1) is 0 Å². The average Bonchev–Trinajstić information content (AvgIpc) is 2.82. The summed E-state index contributed by atoms with van der Waals surface area (Å²) < 4.78 is 32.0. The van der Waals surface area contributed by atoms with Crippen LogP contribution in [0.4, 0.5) is 0 Å². The molecule has 1 aliphatic rings. The van der Waals surface area contributed by atoms with Crippen molar-refractivity contribution >= 4 is 37.7 Å². The predicted molar refractivity (Wildman–Crippen MR) is 81.3 cm³/mol. The molecule has 0 unspecified atom stereocenters. The highest BCUT2D eigenvalue weighted by Crippen LogP contribution is 2.25. The normalized spacial score (nSPS) is 17.5. The molecule has 2 rings (SSSR count). The van der Waals surface area contributed by atoms with Crippen molar-refractivity contribution in [3.63, 3.8) is 0 Å². The van der Waals surface area contributed by atoms with Gasteiger partial charge in [0.05, 0.1) is 0 Å². The standard InChI is InChI=1S/C11H17BrN2O4S2/c12-11-10(7-9(8-15)18-11)20(16,17)13-1-2-14-3-5-19-6-4-14/h7,13,15H,1-6,8H2. The van der Waals surface area contributed by atoms with Crippen molar-refractivity contribution in [3.8, 4) is 0 Å². The molecule has 9 heteroatoms. The zero-order valence-corrected chi connectivity index (χ0v) is 14.1. The molecule has 1 aliphatic heterocycles. The molecular weight excluding hydrogens is 368 g/mol. The molecule has 0 aromatic carbocycles. The predicted octanol–water partition coefficient (Wildman–Crippen LogP) is 0.861. The number of aliphatic hydroxyl groups excluding tert-OH is 1. The van der Waals surface area contributed by atoms with Gasteiger partial charge in [0.25, 0.3) is 0 Å². The van der Waals surface area contributed by atoms with Gasteiger partial charge in [-0.1, -0.05) is 0 Å². The Labute approximate surface area is 131 Å². The van der Waals surface area contributed by atoms with Gasteiger partial charge in [0.15, 0.2) is 4.67 Å². The lowest BCUT2D eigenvalue weighted by Gasteiger charge is -2.25. The second-order valence-electron chi connectivity index (χ2n) is 4.36. The van der Waals surface area contributed by atoms with Crippen LogP contribution in [0.3, 0.4) is 0 Å². The second kappa shape index (κ2) is 7.28. The SMILES string of the molecule is O=S(=O)(NCCN1CCSCC1)c1cc(CO)oc1Br. The summed E-state index contributed by atoms with van der Waals surface area (Å²) in [6.45, 7) is 2.72. The van der Waals surface area contributed by atoms with E-state index in [0.29, 0.717) is 13.1 Å². The molecule has 1 aromatic rings. The summed E-state index contributed by atoms with van der Waals surface area (Å²) >= 11 is 4.97. The van der Waals surface area contributed by atoms with Crippen molar-refractivity contribution in [3.05, 3.63) is 16.5 Å². The second-order valence-corrected chi connectivity index (χ2v) is 8.04. The number of sulfonamides is 1. The van der Waals surface area contributed by atoms with Gasteiger partial charge >= 0.3 is 0 Å². The Morgan fingerprint density at radius 2 is 2.15 bits per heavy atom. The minimum absolute atomic E-state index is 0.0238. The lowest BCUT2D eigenvalue weighted by atomic mass is 10.5. The Kier molecular flexibility index (Phi) is 5.94. The highest BCUT2D eigenvalue weighted by molar-refractivity contribution is 9.10. The van der Waals surface area contributed by atoms with E-state index in [9.17, 15) is 8.42 Å². The van der Waals surface area contributed by atoms with E-state index >= 15 is 0 Å². The highest BCUT2D eigenvalue weighted by atomic mass is 79.9. The fourth-order valence-corrected chi connectivity index (χ4v) is 4.90. The molecule has 114 valence electrons. The molecule has 0 amide bonds. The van der Waals surface area contributed by atoms with Crippen LogP contribution in [0.5, 0.6) is 0 Å². The first-order chi connectivity index (χ1) is 9.53. The molecular formula is C11H17BrN2O4S2. The summed E-state index contributed by atoms with van der Waals surface area (Å²) in [5.41, 5.74) is 0. The van der Waals surface area contributed by atoms with Crippen molar-refractivity contribution in [2.45, 2.75) is 11.5 Å². The topological polar surface area (TPSA) is 82.8 Å². The number of aliphatic hydroxyl groups is 1. The first kappa shape index (κ1) is 16.3. The highest BCUT2D eigenvalue weighted by Gasteiger charge is 2.22. The summed E-state index contributed by atoms with van der Waals surface area (Å²) in [7, 11) is -3.61. The van der Waals surface area contributed by atoms with Crippen LogP contribution < -0.4 is 4.72 Å². The molecule has 6 nitrogen and oxygen atoms in total. The summed E-state index contributed by atoms with van der Waals surface area (Å²) in [6.07, 6.45) is 0. The maximum Gasteiger partial charge on any atom is 0.245 e. The first-order valence-corrected chi connectivity index (χ1v) is 9.65. The number of thioether (sulfide) groups is 1. The molecule has 0 radical (unpaired) electrons. The van der Waals surface area contributed by atoms with E-state index in [2.05, 4.69) is 25.6 Å². The Bertz CT molecular complexity index is 541. The maximum atomic E-state index is 12.1. The minimum atomic E-state index is -3.61. The Balaban J connectivity index is 1.91. The van der Waals surface area contributed by atoms with E-state index in [1.54, 1.807) is 0 Å². The van der Waals surface area contributed by atoms with Gasteiger partial charge in [-0.25, -0.2) is 13.1 Å². The van der Waals surface area contributed by atoms with Crippen LogP contribution in [-0.4, -0.2) is 56.1 Å². The molecule has 1 aromatic heterocycles. The maximum absolute atomic E-state index is 12.1. The van der Waals surface area contributed by atoms with Crippen LogP contribution in [0.2, 0.25) is 0 Å². The lowest BCUT2D eigenvalue weighted by Crippen LogP contribution is -2.39. The fraction of sp³-hybridized carbons (Fsp3) is 0.636. The van der Waals surface area contributed by atoms with Crippen molar-refractivity contribution < 1.29 is 17.9 Å². The Hall–Kier alpha value is -0.0600. The molecule has 2 N–H and O–H groups in total. The molecule has 0 spiro atoms. The number of rotatable bonds is 6. The zero-order valence-electron chi connectivity index (χ0n) is 10.8. The van der Waals surface area contributed by atoms with E-state index in [4.69, 9.17) is 9.52 Å². The average molecular weight is 385 g/mol. The lowest BCUT2D eigenvalue weighted by molar-refractivity contribution is 0.245. The largest absolute Gasteiger partial charge is 0.450 e. The molecule has 1 saturated heterocycles. The number of nitrogens with one attached hydrogen (secondary N) is 1. The Morgan fingerprint density at radius 3 is 2.75 bits per heavy atom. The smallest absolute Gasteiger partial charge is 0.245 e. The van der Waals surface area contributed by atoms with Crippen molar-refractivity contribution in [1.82, 2.24) is 9.62 Å². The zero-order chi connectivity index (χ0) is 14.6. The molecule has 2 heterocycles. The molecule has 0 bridgehead atoms. The summed E-state index contributed by atoms with van der Waals surface area (Å²) in [5, 5.41) is 8.95. The summed E-state index contributed by atoms with van der Waals surface area (Å²) in [5.74, 6) is 2.41. The van der Waals surface area contributed by atoms with Crippen LogP contribution in [0.1, 0.15) is 5.76 Å². The summed E-state index contributed by atoms with van der Waals surface area (Å²) in [6, 6.07) is 1.32. The first-order valence-electron chi connectivity index (χ1n) is 6.22. The molecule has 20 heavy (non-hydrogen) atoms. The number of nitrogens with zero attached hydrogens (tertiary/aromatic N) is 1. The monoisotopic (exact) mass is 384 g/mol. The van der Waals surface area contributed by atoms with Gasteiger partial charge in [0.2, 0.25) is 10.0 Å². The van der Waals surface area contributed by atoms with E-state index in [-0.39, 0.29) is 21.9 Å². The van der Waals surface area contributed by atoms with Gasteiger partial charge < -0.3 is 14.4 Å². The number of furan rings is 1. The van der Waals surface area contributed by atoms with Crippen molar-refractivity contribution in [1.29, 1.82) is 0 Å². The third kappa shape index (κ3) is 4.22. The minimum Gasteiger partial charge on any atom is -0.450 e. The molecule has 0 atom stereocenters. The van der Waals surface area contributed by atoms with E-state index < -0.39 is 10.0 Å². The number of halogens is 1. The molecule has 0 aliphatic carbocycles. The van der Waals surface area contributed by atoms with Crippen LogP contribution in [0.15, 0.2) is 20.0 Å². The van der Waals surface area contributed by atoms with Gasteiger partial charge in [-0.05, 0) is 15.9 Å². The van der Waals surface area contributed by atoms with Gasteiger partial charge in [0.1, 0.15) is 17.3 Å². The van der Waals surface area contributed by atoms with E-state index in [1.165, 1.54) is 6.07 Å². The van der Waals surface area contributed by atoms with Gasteiger partial charge in [0, 0.05) is 43.8 Å². The summed E-state index contributed by atoms with van der Waals surface area (Å²) in [4.78, 5) is 2.26. The Morgan fingerprint density at radius 1 is 1.45 bits per heavy atom. The fourth-order valence-electron chi connectivity index (χ4n) is 1.90. The third-order valence-corrected chi connectivity index (χ3v) is 6.24. The number of hydrogen-bond acceptors (Lipinski definition) is 6. The van der Waals surface area contributed by atoms with Crippen LogP contribution >= 0.6 is 27.7 Å². The third-order valence-electron chi connectivity index (χ3n) is 2.98.